The number of likely N-dealkylation sites (tertiary alicyclic amines) is 1. The Morgan fingerprint density at radius 3 is 2.89 bits per heavy atom. The van der Waals surface area contributed by atoms with Crippen LogP contribution in [0.2, 0.25) is 0 Å². The number of anilines is 1. The van der Waals surface area contributed by atoms with Gasteiger partial charge < -0.3 is 15.5 Å². The molecular formula is C14H24N4. The lowest BCUT2D eigenvalue weighted by molar-refractivity contribution is 0.314. The minimum Gasteiger partial charge on any atom is -0.358 e. The average Bonchev–Trinajstić information content (AvgIpc) is 2.76. The highest BCUT2D eigenvalue weighted by Crippen LogP contribution is 2.18. The average molecular weight is 248 g/mol. The van der Waals surface area contributed by atoms with E-state index < -0.39 is 0 Å². The van der Waals surface area contributed by atoms with Gasteiger partial charge >= 0.3 is 0 Å². The monoisotopic (exact) mass is 248 g/mol. The Bertz CT molecular complexity index is 363. The first-order valence-electron chi connectivity index (χ1n) is 6.77. The minimum atomic E-state index is 0.667. The molecule has 2 heterocycles. The summed E-state index contributed by atoms with van der Waals surface area (Å²) in [6.45, 7) is 2.96. The van der Waals surface area contributed by atoms with Crippen LogP contribution in [0, 0.1) is 0 Å². The molecule has 1 fully saturated rings. The van der Waals surface area contributed by atoms with Gasteiger partial charge in [0.2, 0.25) is 0 Å². The summed E-state index contributed by atoms with van der Waals surface area (Å²) in [6, 6.07) is 4.89. The van der Waals surface area contributed by atoms with Crippen LogP contribution in [0.1, 0.15) is 18.4 Å². The maximum Gasteiger partial charge on any atom is 0.128 e. The van der Waals surface area contributed by atoms with Crippen LogP contribution in [-0.4, -0.2) is 49.7 Å². The van der Waals surface area contributed by atoms with E-state index in [1.165, 1.54) is 24.9 Å². The number of aromatic nitrogens is 1. The van der Waals surface area contributed by atoms with Gasteiger partial charge in [-0.05, 0) is 51.0 Å². The Labute approximate surface area is 110 Å². The molecule has 1 saturated heterocycles. The van der Waals surface area contributed by atoms with Crippen LogP contribution >= 0.6 is 0 Å². The van der Waals surface area contributed by atoms with Gasteiger partial charge in [0, 0.05) is 25.8 Å². The summed E-state index contributed by atoms with van der Waals surface area (Å²) in [6.07, 6.45) is 5.46. The molecule has 100 valence electrons. The summed E-state index contributed by atoms with van der Waals surface area (Å²) in [7, 11) is 4.33. The molecule has 0 saturated carbocycles. The minimum absolute atomic E-state index is 0.667. The highest BCUT2D eigenvalue weighted by molar-refractivity contribution is 5.38. The third-order valence-electron chi connectivity index (χ3n) is 3.79. The lowest BCUT2D eigenvalue weighted by Gasteiger charge is -2.26. The molecule has 0 bridgehead atoms. The fraction of sp³-hybridized carbons (Fsp3) is 0.643. The summed E-state index contributed by atoms with van der Waals surface area (Å²) in [5, 5.41) is 0. The molecule has 0 radical (unpaired) electrons. The standard InChI is InChI=1S/C14H24N4/c1-17-9-3-4-13(17)11-18(2)14-6-5-12(7-8-15)10-16-14/h5-6,10,13H,3-4,7-9,11,15H2,1-2H3. The maximum atomic E-state index is 5.54. The van der Waals surface area contributed by atoms with Crippen molar-refractivity contribution in [3.05, 3.63) is 23.9 Å². The van der Waals surface area contributed by atoms with Crippen LogP contribution in [0.3, 0.4) is 0 Å². The van der Waals surface area contributed by atoms with E-state index in [0.29, 0.717) is 12.6 Å². The third-order valence-corrected chi connectivity index (χ3v) is 3.79. The van der Waals surface area contributed by atoms with Gasteiger partial charge in [0.1, 0.15) is 5.82 Å². The van der Waals surface area contributed by atoms with Gasteiger partial charge in [0.25, 0.3) is 0 Å². The Balaban J connectivity index is 1.93. The molecule has 1 atom stereocenters. The second kappa shape index (κ2) is 6.16. The number of pyridine rings is 1. The molecule has 1 aliphatic heterocycles. The van der Waals surface area contributed by atoms with Gasteiger partial charge in [-0.2, -0.15) is 0 Å². The molecule has 0 aliphatic carbocycles. The van der Waals surface area contributed by atoms with E-state index in [-0.39, 0.29) is 0 Å². The van der Waals surface area contributed by atoms with Crippen molar-refractivity contribution in [3.63, 3.8) is 0 Å². The molecule has 1 aromatic heterocycles. The van der Waals surface area contributed by atoms with Crippen molar-refractivity contribution >= 4 is 5.82 Å². The van der Waals surface area contributed by atoms with Gasteiger partial charge in [-0.25, -0.2) is 4.98 Å². The first kappa shape index (κ1) is 13.3. The highest BCUT2D eigenvalue weighted by atomic mass is 15.2. The molecular weight excluding hydrogens is 224 g/mol. The van der Waals surface area contributed by atoms with Crippen molar-refractivity contribution in [2.45, 2.75) is 25.3 Å². The van der Waals surface area contributed by atoms with Gasteiger partial charge in [-0.3, -0.25) is 0 Å². The Morgan fingerprint density at radius 2 is 2.33 bits per heavy atom. The zero-order chi connectivity index (χ0) is 13.0. The normalized spacial score (nSPS) is 20.3. The number of hydrogen-bond donors (Lipinski definition) is 1. The zero-order valence-electron chi connectivity index (χ0n) is 11.5. The molecule has 0 aromatic carbocycles. The van der Waals surface area contributed by atoms with Crippen LogP contribution < -0.4 is 10.6 Å². The number of rotatable bonds is 5. The van der Waals surface area contributed by atoms with Crippen molar-refractivity contribution in [1.82, 2.24) is 9.88 Å². The predicted molar refractivity (Wildman–Crippen MR) is 75.9 cm³/mol. The van der Waals surface area contributed by atoms with Crippen molar-refractivity contribution in [3.8, 4) is 0 Å². The van der Waals surface area contributed by atoms with E-state index in [9.17, 15) is 0 Å². The largest absolute Gasteiger partial charge is 0.358 e. The van der Waals surface area contributed by atoms with E-state index in [1.54, 1.807) is 0 Å². The predicted octanol–water partition coefficient (Wildman–Crippen LogP) is 1.11. The summed E-state index contributed by atoms with van der Waals surface area (Å²) < 4.78 is 0. The zero-order valence-corrected chi connectivity index (χ0v) is 11.5. The molecule has 2 N–H and O–H groups in total. The molecule has 0 spiro atoms. The van der Waals surface area contributed by atoms with Crippen LogP contribution in [0.15, 0.2) is 18.3 Å². The Kier molecular flexibility index (Phi) is 4.55. The van der Waals surface area contributed by atoms with Gasteiger partial charge in [-0.15, -0.1) is 0 Å². The topological polar surface area (TPSA) is 45.4 Å². The van der Waals surface area contributed by atoms with Crippen LogP contribution in [0.4, 0.5) is 5.82 Å². The number of nitrogens with zero attached hydrogens (tertiary/aromatic N) is 3. The first-order chi connectivity index (χ1) is 8.70. The second-order valence-electron chi connectivity index (χ2n) is 5.22. The van der Waals surface area contributed by atoms with E-state index >= 15 is 0 Å². The molecule has 1 unspecified atom stereocenters. The van der Waals surface area contributed by atoms with Gasteiger partial charge in [0.05, 0.1) is 0 Å². The van der Waals surface area contributed by atoms with Crippen molar-refractivity contribution < 1.29 is 0 Å². The maximum absolute atomic E-state index is 5.54. The van der Waals surface area contributed by atoms with Crippen LogP contribution in [0.25, 0.3) is 0 Å². The first-order valence-corrected chi connectivity index (χ1v) is 6.77. The SMILES string of the molecule is CN(CC1CCCN1C)c1ccc(CCN)cn1. The number of nitrogens with two attached hydrogens (primary N) is 1. The summed E-state index contributed by atoms with van der Waals surface area (Å²) in [5.74, 6) is 1.05. The van der Waals surface area contributed by atoms with Crippen molar-refractivity contribution in [2.24, 2.45) is 5.73 Å². The highest BCUT2D eigenvalue weighted by Gasteiger charge is 2.22. The molecule has 4 heteroatoms. The fourth-order valence-electron chi connectivity index (χ4n) is 2.58. The molecule has 18 heavy (non-hydrogen) atoms. The summed E-state index contributed by atoms with van der Waals surface area (Å²) in [5.41, 5.74) is 6.75. The van der Waals surface area contributed by atoms with Crippen LogP contribution in [-0.2, 0) is 6.42 Å². The number of hydrogen-bond acceptors (Lipinski definition) is 4. The lowest BCUT2D eigenvalue weighted by atomic mass is 10.2. The molecule has 1 aromatic rings. The fourth-order valence-corrected chi connectivity index (χ4v) is 2.58. The third kappa shape index (κ3) is 3.21. The number of likely N-dealkylation sites (N-methyl/N-ethyl adjacent to an activating group) is 2. The molecule has 2 rings (SSSR count). The van der Waals surface area contributed by atoms with E-state index in [2.05, 4.69) is 41.0 Å². The van der Waals surface area contributed by atoms with E-state index in [4.69, 9.17) is 5.73 Å². The van der Waals surface area contributed by atoms with Crippen molar-refractivity contribution in [1.29, 1.82) is 0 Å². The van der Waals surface area contributed by atoms with Crippen LogP contribution in [0.5, 0.6) is 0 Å². The smallest absolute Gasteiger partial charge is 0.128 e. The summed E-state index contributed by atoms with van der Waals surface area (Å²) in [4.78, 5) is 9.21. The van der Waals surface area contributed by atoms with Gasteiger partial charge in [0.15, 0.2) is 0 Å². The summed E-state index contributed by atoms with van der Waals surface area (Å²) >= 11 is 0. The van der Waals surface area contributed by atoms with E-state index in [1.807, 2.05) is 6.20 Å². The molecule has 1 aliphatic rings. The Hall–Kier alpha value is -1.13. The molecule has 4 nitrogen and oxygen atoms in total. The Morgan fingerprint density at radius 1 is 1.50 bits per heavy atom. The second-order valence-corrected chi connectivity index (χ2v) is 5.22. The quantitative estimate of drug-likeness (QED) is 0.848. The van der Waals surface area contributed by atoms with Crippen molar-refractivity contribution in [2.75, 3.05) is 38.6 Å². The van der Waals surface area contributed by atoms with Gasteiger partial charge in [-0.1, -0.05) is 6.07 Å². The van der Waals surface area contributed by atoms with E-state index in [0.717, 1.165) is 18.8 Å². The lowest BCUT2D eigenvalue weighted by Crippen LogP contribution is -2.36. The molecule has 0 amide bonds.